The van der Waals surface area contributed by atoms with Crippen LogP contribution >= 0.6 is 0 Å². The van der Waals surface area contributed by atoms with Crippen molar-refractivity contribution in [3.05, 3.63) is 6.61 Å². The molecule has 145 valence electrons. The fourth-order valence-electron chi connectivity index (χ4n) is 3.17. The number of hydrogen-bond donors (Lipinski definition) is 0. The molecule has 0 aliphatic heterocycles. The molecule has 0 saturated carbocycles. The molecule has 0 aliphatic carbocycles. The van der Waals surface area contributed by atoms with Crippen LogP contribution in [0.3, 0.4) is 0 Å². The van der Waals surface area contributed by atoms with Gasteiger partial charge in [0.1, 0.15) is 0 Å². The van der Waals surface area contributed by atoms with Gasteiger partial charge < -0.3 is 4.74 Å². The van der Waals surface area contributed by atoms with Gasteiger partial charge in [0.05, 0.1) is 6.61 Å². The Bertz CT molecular complexity index is 180. The predicted molar refractivity (Wildman–Crippen MR) is 109 cm³/mol. The Hall–Kier alpha value is -0.0400. The number of ether oxygens (including phenoxy) is 1. The van der Waals surface area contributed by atoms with Crippen LogP contribution in [-0.4, -0.2) is 6.61 Å². The zero-order valence-electron chi connectivity index (χ0n) is 17.1. The standard InChI is InChI=1S/C23H47O/c1-3-5-7-8-9-10-11-12-13-14-15-16-17-18-19-20-21-23-24-22-6-4-2/h23H,3-22H2,1-2H3. The molecule has 1 radical (unpaired) electrons. The van der Waals surface area contributed by atoms with Gasteiger partial charge in [-0.3, -0.25) is 0 Å². The van der Waals surface area contributed by atoms with Crippen molar-refractivity contribution in [1.82, 2.24) is 0 Å². The van der Waals surface area contributed by atoms with Gasteiger partial charge >= 0.3 is 0 Å². The van der Waals surface area contributed by atoms with Crippen LogP contribution in [0.25, 0.3) is 0 Å². The summed E-state index contributed by atoms with van der Waals surface area (Å²) in [5.74, 6) is 0. The maximum absolute atomic E-state index is 5.47. The molecule has 0 aromatic carbocycles. The summed E-state index contributed by atoms with van der Waals surface area (Å²) < 4.78 is 5.47. The van der Waals surface area contributed by atoms with Crippen molar-refractivity contribution in [2.45, 2.75) is 136 Å². The van der Waals surface area contributed by atoms with Crippen molar-refractivity contribution in [3.8, 4) is 0 Å². The first kappa shape index (κ1) is 24.0. The van der Waals surface area contributed by atoms with Crippen molar-refractivity contribution in [2.75, 3.05) is 6.61 Å². The van der Waals surface area contributed by atoms with E-state index in [0.29, 0.717) is 0 Å². The van der Waals surface area contributed by atoms with E-state index in [9.17, 15) is 0 Å². The summed E-state index contributed by atoms with van der Waals surface area (Å²) in [5, 5.41) is 0. The molecule has 0 N–H and O–H groups in total. The highest BCUT2D eigenvalue weighted by Crippen LogP contribution is 2.14. The highest BCUT2D eigenvalue weighted by Gasteiger charge is 1.95. The lowest BCUT2D eigenvalue weighted by atomic mass is 10.0. The average molecular weight is 340 g/mol. The van der Waals surface area contributed by atoms with Crippen molar-refractivity contribution in [2.24, 2.45) is 0 Å². The van der Waals surface area contributed by atoms with Gasteiger partial charge in [0.15, 0.2) is 0 Å². The number of hydrogen-bond acceptors (Lipinski definition) is 1. The van der Waals surface area contributed by atoms with E-state index >= 15 is 0 Å². The molecule has 24 heavy (non-hydrogen) atoms. The maximum atomic E-state index is 5.47. The van der Waals surface area contributed by atoms with Crippen LogP contribution in [0.1, 0.15) is 136 Å². The summed E-state index contributed by atoms with van der Waals surface area (Å²) >= 11 is 0. The predicted octanol–water partition coefficient (Wildman–Crippen LogP) is 8.62. The first-order chi connectivity index (χ1) is 11.9. The molecule has 0 fully saturated rings. The molecule has 0 bridgehead atoms. The minimum Gasteiger partial charge on any atom is -0.376 e. The Morgan fingerprint density at radius 2 is 0.833 bits per heavy atom. The molecule has 0 amide bonds. The second kappa shape index (κ2) is 23.0. The third-order valence-electron chi connectivity index (χ3n) is 4.91. The quantitative estimate of drug-likeness (QED) is 0.190. The molecule has 0 spiro atoms. The van der Waals surface area contributed by atoms with Crippen molar-refractivity contribution < 1.29 is 4.74 Å². The van der Waals surface area contributed by atoms with E-state index in [0.717, 1.165) is 13.0 Å². The summed E-state index contributed by atoms with van der Waals surface area (Å²) in [6.45, 7) is 7.44. The van der Waals surface area contributed by atoms with E-state index in [4.69, 9.17) is 4.74 Å². The van der Waals surface area contributed by atoms with Crippen LogP contribution < -0.4 is 0 Å². The Balaban J connectivity index is 2.93. The summed E-state index contributed by atoms with van der Waals surface area (Å²) in [5.41, 5.74) is 0. The summed E-state index contributed by atoms with van der Waals surface area (Å²) in [7, 11) is 0. The van der Waals surface area contributed by atoms with Gasteiger partial charge in [0.2, 0.25) is 0 Å². The normalized spacial score (nSPS) is 11.2. The molecule has 1 heteroatoms. The van der Waals surface area contributed by atoms with Crippen LogP contribution in [0.2, 0.25) is 0 Å². The summed E-state index contributed by atoms with van der Waals surface area (Å²) in [4.78, 5) is 0. The van der Waals surface area contributed by atoms with E-state index < -0.39 is 0 Å². The summed E-state index contributed by atoms with van der Waals surface area (Å²) in [6, 6.07) is 0. The van der Waals surface area contributed by atoms with E-state index in [1.807, 2.05) is 6.61 Å². The molecule has 1 nitrogen and oxygen atoms in total. The molecule has 0 aromatic heterocycles. The molecule has 0 heterocycles. The van der Waals surface area contributed by atoms with E-state index in [1.54, 1.807) is 0 Å². The molecule has 0 rings (SSSR count). The Labute approximate surface area is 154 Å². The van der Waals surface area contributed by atoms with Crippen LogP contribution in [0.4, 0.5) is 0 Å². The summed E-state index contributed by atoms with van der Waals surface area (Å²) in [6.07, 6.45) is 26.6. The smallest absolute Gasteiger partial charge is 0.0836 e. The van der Waals surface area contributed by atoms with Gasteiger partial charge in [-0.2, -0.15) is 0 Å². The molecule has 0 atom stereocenters. The second-order valence-electron chi connectivity index (χ2n) is 7.48. The maximum Gasteiger partial charge on any atom is 0.0836 e. The highest BCUT2D eigenvalue weighted by molar-refractivity contribution is 4.53. The first-order valence-corrected chi connectivity index (χ1v) is 11.3. The van der Waals surface area contributed by atoms with Gasteiger partial charge in [0, 0.05) is 6.61 Å². The van der Waals surface area contributed by atoms with Gasteiger partial charge in [-0.15, -0.1) is 0 Å². The Kier molecular flexibility index (Phi) is 22.9. The van der Waals surface area contributed by atoms with Crippen LogP contribution in [0, 0.1) is 6.61 Å². The van der Waals surface area contributed by atoms with E-state index in [2.05, 4.69) is 13.8 Å². The minimum atomic E-state index is 0.912. The zero-order chi connectivity index (χ0) is 17.6. The Morgan fingerprint density at radius 3 is 1.25 bits per heavy atom. The third-order valence-corrected chi connectivity index (χ3v) is 4.91. The van der Waals surface area contributed by atoms with Gasteiger partial charge in [-0.1, -0.05) is 123 Å². The molecular formula is C23H47O. The average Bonchev–Trinajstić information content (AvgIpc) is 2.60. The van der Waals surface area contributed by atoms with Gasteiger partial charge in [-0.05, 0) is 12.8 Å². The van der Waals surface area contributed by atoms with Crippen molar-refractivity contribution >= 4 is 0 Å². The topological polar surface area (TPSA) is 9.23 Å². The molecule has 0 saturated heterocycles. The molecule has 0 aliphatic rings. The first-order valence-electron chi connectivity index (χ1n) is 11.3. The fourth-order valence-corrected chi connectivity index (χ4v) is 3.17. The lowest BCUT2D eigenvalue weighted by molar-refractivity contribution is 0.185. The van der Waals surface area contributed by atoms with E-state index in [-0.39, 0.29) is 0 Å². The zero-order valence-corrected chi connectivity index (χ0v) is 17.1. The largest absolute Gasteiger partial charge is 0.376 e. The number of unbranched alkanes of at least 4 members (excludes halogenated alkanes) is 17. The fraction of sp³-hybridized carbons (Fsp3) is 0.957. The lowest BCUT2D eigenvalue weighted by Crippen LogP contribution is -1.91. The Morgan fingerprint density at radius 1 is 0.458 bits per heavy atom. The highest BCUT2D eigenvalue weighted by atomic mass is 16.5. The SMILES string of the molecule is CCCCCCCCCCCCCCCCCC[CH]OCCCC. The van der Waals surface area contributed by atoms with Crippen LogP contribution in [-0.2, 0) is 4.74 Å². The van der Waals surface area contributed by atoms with Crippen LogP contribution in [0.15, 0.2) is 0 Å². The van der Waals surface area contributed by atoms with Crippen LogP contribution in [0.5, 0.6) is 0 Å². The monoisotopic (exact) mass is 339 g/mol. The molecular weight excluding hydrogens is 292 g/mol. The van der Waals surface area contributed by atoms with Gasteiger partial charge in [0.25, 0.3) is 0 Å². The molecule has 0 unspecified atom stereocenters. The van der Waals surface area contributed by atoms with Crippen molar-refractivity contribution in [3.63, 3.8) is 0 Å². The minimum absolute atomic E-state index is 0.912. The van der Waals surface area contributed by atoms with Gasteiger partial charge in [-0.25, -0.2) is 0 Å². The third kappa shape index (κ3) is 22.0. The lowest BCUT2D eigenvalue weighted by Gasteiger charge is -2.04. The van der Waals surface area contributed by atoms with E-state index in [1.165, 1.54) is 116 Å². The second-order valence-corrected chi connectivity index (χ2v) is 7.48. The molecule has 0 aromatic rings. The van der Waals surface area contributed by atoms with Crippen molar-refractivity contribution in [1.29, 1.82) is 0 Å². The number of rotatable bonds is 21.